The Hall–Kier alpha value is -1.51. The monoisotopic (exact) mass is 278 g/mol. The topological polar surface area (TPSA) is 38.4 Å². The molecule has 0 radical (unpaired) electrons. The van der Waals surface area contributed by atoms with Crippen molar-refractivity contribution in [1.29, 1.82) is 0 Å². The predicted molar refractivity (Wildman–Crippen MR) is 77.3 cm³/mol. The van der Waals surface area contributed by atoms with Crippen LogP contribution in [0.3, 0.4) is 0 Å². The molecule has 2 aromatic carbocycles. The smallest absolute Gasteiger partial charge is 0.0716 e. The van der Waals surface area contributed by atoms with Crippen LogP contribution >= 0.6 is 23.2 Å². The van der Waals surface area contributed by atoms with Gasteiger partial charge in [-0.3, -0.25) is 0 Å². The summed E-state index contributed by atoms with van der Waals surface area (Å²) in [5.74, 6) is 5.45. The zero-order valence-electron chi connectivity index (χ0n) is 9.61. The summed E-state index contributed by atoms with van der Waals surface area (Å²) in [6, 6.07) is 15.1. The SMILES string of the molecule is NN=C(Cc1ccc(Cl)cc1)c1ccc(Cl)cc1. The van der Waals surface area contributed by atoms with Gasteiger partial charge in [0.05, 0.1) is 5.71 Å². The van der Waals surface area contributed by atoms with Crippen molar-refractivity contribution in [3.8, 4) is 0 Å². The lowest BCUT2D eigenvalue weighted by molar-refractivity contribution is 1.19. The molecule has 0 aromatic heterocycles. The van der Waals surface area contributed by atoms with Gasteiger partial charge in [-0.15, -0.1) is 0 Å². The fraction of sp³-hybridized carbons (Fsp3) is 0.0714. The first-order valence-electron chi connectivity index (χ1n) is 5.46. The number of halogens is 2. The molecule has 18 heavy (non-hydrogen) atoms. The number of rotatable bonds is 3. The summed E-state index contributed by atoms with van der Waals surface area (Å²) in [4.78, 5) is 0. The summed E-state index contributed by atoms with van der Waals surface area (Å²) >= 11 is 11.7. The van der Waals surface area contributed by atoms with Crippen LogP contribution in [0.5, 0.6) is 0 Å². The third-order valence-electron chi connectivity index (χ3n) is 2.62. The first-order valence-corrected chi connectivity index (χ1v) is 6.22. The van der Waals surface area contributed by atoms with Crippen LogP contribution in [0.4, 0.5) is 0 Å². The Labute approximate surface area is 116 Å². The van der Waals surface area contributed by atoms with Gasteiger partial charge in [-0.05, 0) is 35.4 Å². The predicted octanol–water partition coefficient (Wildman–Crippen LogP) is 3.90. The summed E-state index contributed by atoms with van der Waals surface area (Å²) in [6.45, 7) is 0. The molecule has 2 aromatic rings. The molecule has 92 valence electrons. The summed E-state index contributed by atoms with van der Waals surface area (Å²) in [6.07, 6.45) is 0.662. The number of nitrogens with zero attached hydrogens (tertiary/aromatic N) is 1. The minimum Gasteiger partial charge on any atom is -0.323 e. The highest BCUT2D eigenvalue weighted by molar-refractivity contribution is 6.31. The number of nitrogens with two attached hydrogens (primary N) is 1. The van der Waals surface area contributed by atoms with Crippen LogP contribution in [-0.4, -0.2) is 5.71 Å². The molecule has 0 saturated carbocycles. The second-order valence-electron chi connectivity index (χ2n) is 3.89. The van der Waals surface area contributed by atoms with Crippen LogP contribution in [0.1, 0.15) is 11.1 Å². The zero-order chi connectivity index (χ0) is 13.0. The molecule has 2 N–H and O–H groups in total. The van der Waals surface area contributed by atoms with E-state index in [1.54, 1.807) is 0 Å². The molecule has 0 aliphatic carbocycles. The van der Waals surface area contributed by atoms with E-state index in [2.05, 4.69) is 5.10 Å². The molecular weight excluding hydrogens is 267 g/mol. The number of hydrazone groups is 1. The van der Waals surface area contributed by atoms with Gasteiger partial charge in [0.2, 0.25) is 0 Å². The van der Waals surface area contributed by atoms with E-state index in [1.807, 2.05) is 48.5 Å². The quantitative estimate of drug-likeness (QED) is 0.516. The van der Waals surface area contributed by atoms with Crippen LogP contribution in [0, 0.1) is 0 Å². The third-order valence-corrected chi connectivity index (χ3v) is 3.12. The van der Waals surface area contributed by atoms with Crippen molar-refractivity contribution in [3.05, 3.63) is 69.7 Å². The highest BCUT2D eigenvalue weighted by Crippen LogP contribution is 2.14. The van der Waals surface area contributed by atoms with Crippen LogP contribution in [-0.2, 0) is 6.42 Å². The maximum Gasteiger partial charge on any atom is 0.0716 e. The molecular formula is C14H12Cl2N2. The lowest BCUT2D eigenvalue weighted by atomic mass is 10.0. The van der Waals surface area contributed by atoms with Crippen LogP contribution < -0.4 is 5.84 Å². The Morgan fingerprint density at radius 2 is 1.39 bits per heavy atom. The second kappa shape index (κ2) is 5.89. The largest absolute Gasteiger partial charge is 0.323 e. The van der Waals surface area contributed by atoms with E-state index >= 15 is 0 Å². The molecule has 0 saturated heterocycles. The summed E-state index contributed by atoms with van der Waals surface area (Å²) in [7, 11) is 0. The molecule has 0 spiro atoms. The van der Waals surface area contributed by atoms with Crippen LogP contribution in [0.15, 0.2) is 53.6 Å². The highest BCUT2D eigenvalue weighted by Gasteiger charge is 2.05. The molecule has 0 amide bonds. The van der Waals surface area contributed by atoms with Crippen molar-refractivity contribution in [2.45, 2.75) is 6.42 Å². The maximum atomic E-state index is 5.85. The highest BCUT2D eigenvalue weighted by atomic mass is 35.5. The molecule has 0 aliphatic rings. The lowest BCUT2D eigenvalue weighted by Crippen LogP contribution is -2.08. The Morgan fingerprint density at radius 1 is 0.889 bits per heavy atom. The molecule has 2 nitrogen and oxygen atoms in total. The third kappa shape index (κ3) is 3.25. The molecule has 0 atom stereocenters. The number of hydrogen-bond donors (Lipinski definition) is 1. The van der Waals surface area contributed by atoms with Crippen molar-refractivity contribution in [2.24, 2.45) is 10.9 Å². The van der Waals surface area contributed by atoms with Gasteiger partial charge in [-0.1, -0.05) is 47.5 Å². The van der Waals surface area contributed by atoms with Gasteiger partial charge in [0.1, 0.15) is 0 Å². The average molecular weight is 279 g/mol. The summed E-state index contributed by atoms with van der Waals surface area (Å²) in [5, 5.41) is 5.26. The van der Waals surface area contributed by atoms with Crippen molar-refractivity contribution >= 4 is 28.9 Å². The Balaban J connectivity index is 2.20. The van der Waals surface area contributed by atoms with Crippen molar-refractivity contribution in [2.75, 3.05) is 0 Å². The van der Waals surface area contributed by atoms with E-state index in [0.29, 0.717) is 11.4 Å². The van der Waals surface area contributed by atoms with Gasteiger partial charge in [0.15, 0.2) is 0 Å². The zero-order valence-corrected chi connectivity index (χ0v) is 11.1. The molecule has 0 fully saturated rings. The van der Waals surface area contributed by atoms with E-state index in [-0.39, 0.29) is 0 Å². The van der Waals surface area contributed by atoms with E-state index in [1.165, 1.54) is 0 Å². The van der Waals surface area contributed by atoms with Gasteiger partial charge < -0.3 is 5.84 Å². The lowest BCUT2D eigenvalue weighted by Gasteiger charge is -2.06. The molecule has 0 aliphatic heterocycles. The standard InChI is InChI=1S/C14H12Cl2N2/c15-12-5-1-10(2-6-12)9-14(18-17)11-3-7-13(16)8-4-11/h1-8H,9,17H2. The summed E-state index contributed by atoms with van der Waals surface area (Å²) in [5.41, 5.74) is 2.89. The van der Waals surface area contributed by atoms with Gasteiger partial charge in [0, 0.05) is 16.5 Å². The van der Waals surface area contributed by atoms with E-state index in [9.17, 15) is 0 Å². The molecule has 0 heterocycles. The van der Waals surface area contributed by atoms with Gasteiger partial charge in [-0.25, -0.2) is 0 Å². The molecule has 4 heteroatoms. The Morgan fingerprint density at radius 3 is 1.89 bits per heavy atom. The van der Waals surface area contributed by atoms with Crippen molar-refractivity contribution < 1.29 is 0 Å². The molecule has 0 unspecified atom stereocenters. The van der Waals surface area contributed by atoms with Crippen molar-refractivity contribution in [1.82, 2.24) is 0 Å². The van der Waals surface area contributed by atoms with Gasteiger partial charge in [-0.2, -0.15) is 5.10 Å². The maximum absolute atomic E-state index is 5.85. The van der Waals surface area contributed by atoms with Crippen LogP contribution in [0.25, 0.3) is 0 Å². The normalized spacial score (nSPS) is 11.6. The second-order valence-corrected chi connectivity index (χ2v) is 4.76. The number of benzene rings is 2. The summed E-state index contributed by atoms with van der Waals surface area (Å²) < 4.78 is 0. The minimum absolute atomic E-state index is 0.662. The van der Waals surface area contributed by atoms with E-state index < -0.39 is 0 Å². The Bertz CT molecular complexity index is 545. The van der Waals surface area contributed by atoms with Crippen LogP contribution in [0.2, 0.25) is 10.0 Å². The molecule has 0 bridgehead atoms. The van der Waals surface area contributed by atoms with E-state index in [4.69, 9.17) is 29.0 Å². The fourth-order valence-corrected chi connectivity index (χ4v) is 1.91. The minimum atomic E-state index is 0.662. The number of hydrogen-bond acceptors (Lipinski definition) is 2. The first kappa shape index (κ1) is 12.9. The van der Waals surface area contributed by atoms with Gasteiger partial charge in [0.25, 0.3) is 0 Å². The van der Waals surface area contributed by atoms with E-state index in [0.717, 1.165) is 21.9 Å². The fourth-order valence-electron chi connectivity index (χ4n) is 1.66. The molecule has 2 rings (SSSR count). The average Bonchev–Trinajstić information content (AvgIpc) is 2.39. The van der Waals surface area contributed by atoms with Crippen molar-refractivity contribution in [3.63, 3.8) is 0 Å². The van der Waals surface area contributed by atoms with Gasteiger partial charge >= 0.3 is 0 Å². The Kier molecular flexibility index (Phi) is 4.24. The first-order chi connectivity index (χ1) is 8.69.